The van der Waals surface area contributed by atoms with Gasteiger partial charge in [-0.2, -0.15) is 52.7 Å². The van der Waals surface area contributed by atoms with E-state index in [4.69, 9.17) is 11.6 Å². The van der Waals surface area contributed by atoms with E-state index in [9.17, 15) is 110 Å². The van der Waals surface area contributed by atoms with Crippen LogP contribution in [0.1, 0.15) is 69.6 Å². The van der Waals surface area contributed by atoms with Gasteiger partial charge in [0.15, 0.2) is 19.7 Å². The number of anilines is 5. The van der Waals surface area contributed by atoms with Crippen LogP contribution in [0.5, 0.6) is 0 Å². The lowest BCUT2D eigenvalue weighted by Crippen LogP contribution is -2.53. The third-order valence-electron chi connectivity index (χ3n) is 24.6. The first-order valence-electron chi connectivity index (χ1n) is 46.3. The number of sulfonamides is 2. The molecule has 2 unspecified atom stereocenters. The molecule has 0 aliphatic carbocycles. The molecule has 6 aliphatic heterocycles. The number of allylic oxidation sites excluding steroid dienone is 1. The van der Waals surface area contributed by atoms with Crippen molar-refractivity contribution in [2.75, 3.05) is 159 Å². The van der Waals surface area contributed by atoms with Crippen LogP contribution in [0, 0.1) is 5.92 Å². The number of amides is 4. The Balaban J connectivity index is 0.000000156. The van der Waals surface area contributed by atoms with Crippen molar-refractivity contribution >= 4 is 198 Å². The van der Waals surface area contributed by atoms with Gasteiger partial charge in [0.2, 0.25) is 43.7 Å². The number of aromatic nitrogens is 7. The zero-order valence-electron chi connectivity index (χ0n) is 80.4. The molecule has 4 aromatic carbocycles. The van der Waals surface area contributed by atoms with Gasteiger partial charge in [-0.25, -0.2) is 68.6 Å². The number of carbonyl (C=O) groups is 5. The summed E-state index contributed by atoms with van der Waals surface area (Å²) in [7, 11) is -12.1. The summed E-state index contributed by atoms with van der Waals surface area (Å²) in [5.41, 5.74) is 4.25. The third kappa shape index (κ3) is 29.9. The highest BCUT2D eigenvalue weighted by Crippen LogP contribution is 2.46. The first-order valence-corrected chi connectivity index (χ1v) is 57.0. The number of thioether (sulfide) groups is 1. The highest BCUT2D eigenvalue weighted by molar-refractivity contribution is 8.04. The number of thiophene rings is 3. The van der Waals surface area contributed by atoms with E-state index in [1.54, 1.807) is 136 Å². The Kier molecular flexibility index (Phi) is 35.4. The van der Waals surface area contributed by atoms with Gasteiger partial charge in [-0.15, -0.1) is 45.8 Å². The SMILES string of the molecule is CC(=O)CN(c1ccc(CC(=O)N2CCN(C3=NC=NC4SC(CC(F)(F)F)=CC34)CC2)c(Cl)c1)S(C)(=O)=O.CCN(c1ccc(CC(=O)N2CCN(c3ncnc4sc(CC(F)(F)F)cc34)CC2)cc1)S(C)(=O)=O.CCS(=O)(=O)c1ccc(CC(=O)N2CCN(c3ncnc4sc(CC(F)(F)F)cc34)CC2)cc1.Cn1ccc(S(=O)(=O)Cc2ccc(CC(=O)N3CCN(c4ncnc5sc(CC(F)(F)F)cc45)CC3)cc2)c1. The van der Waals surface area contributed by atoms with Crippen LogP contribution in [0.4, 0.5) is 81.5 Å². The summed E-state index contributed by atoms with van der Waals surface area (Å²) < 4.78 is 255. The van der Waals surface area contributed by atoms with E-state index in [-0.39, 0.29) is 124 Å². The number of nitrogens with zero attached hydrogens (tertiary/aromatic N) is 19. The molecule has 17 rings (SSSR count). The number of fused-ring (bicyclic) bond motifs is 4. The van der Waals surface area contributed by atoms with Gasteiger partial charge in [-0.05, 0) is 107 Å². The summed E-state index contributed by atoms with van der Waals surface area (Å²) >= 11 is 10.5. The van der Waals surface area contributed by atoms with Crippen LogP contribution in [-0.2, 0) is 121 Å². The maximum atomic E-state index is 13.0. The van der Waals surface area contributed by atoms with Crippen LogP contribution in [0.3, 0.4) is 0 Å². The topological polar surface area (TPSA) is 361 Å². The quantitative estimate of drug-likeness (QED) is 0.0431. The van der Waals surface area contributed by atoms with E-state index in [0.29, 0.717) is 182 Å². The van der Waals surface area contributed by atoms with Crippen LogP contribution in [0.2, 0.25) is 5.02 Å². The molecule has 0 saturated carbocycles. The number of ketones is 1. The number of hydrogen-bond acceptors (Lipinski definition) is 29. The van der Waals surface area contributed by atoms with Gasteiger partial charge in [-0.1, -0.05) is 79.2 Å². The number of piperazine rings is 4. The predicted octanol–water partition coefficient (Wildman–Crippen LogP) is 14.3. The number of sulfone groups is 2. The van der Waals surface area contributed by atoms with E-state index in [0.717, 1.165) is 79.3 Å². The molecule has 53 heteroatoms. The zero-order valence-corrected chi connectivity index (χ0v) is 87.7. The number of rotatable bonds is 27. The molecule has 6 aliphatic rings. The molecule has 2 atom stereocenters. The first kappa shape index (κ1) is 112. The molecule has 0 N–H and O–H groups in total. The molecule has 4 amide bonds. The van der Waals surface area contributed by atoms with Crippen molar-refractivity contribution < 1.29 is 110 Å². The van der Waals surface area contributed by atoms with Gasteiger partial charge in [-0.3, -0.25) is 37.6 Å². The molecular weight excluding hydrogens is 2140 g/mol. The summed E-state index contributed by atoms with van der Waals surface area (Å²) in [6.45, 7) is 12.1. The summed E-state index contributed by atoms with van der Waals surface area (Å²) in [5.74, 6) is 1.30. The summed E-state index contributed by atoms with van der Waals surface area (Å²) in [6, 6.07) is 30.9. The van der Waals surface area contributed by atoms with Crippen molar-refractivity contribution in [2.45, 2.75) is 118 Å². The second-order valence-corrected chi connectivity index (χ2v) is 48.7. The molecule has 7 aromatic heterocycles. The van der Waals surface area contributed by atoms with Crippen LogP contribution in [0.15, 0.2) is 177 Å². The van der Waals surface area contributed by atoms with Crippen LogP contribution >= 0.6 is 57.4 Å². The molecular formula is C95H102ClF12N19O13S8. The molecule has 0 radical (unpaired) electrons. The van der Waals surface area contributed by atoms with E-state index in [1.165, 1.54) is 79.0 Å². The normalized spacial score (nSPS) is 16.6. The summed E-state index contributed by atoms with van der Waals surface area (Å²) in [6.07, 6.45) is -8.13. The number of halogens is 13. The number of alkyl halides is 12. The fourth-order valence-electron chi connectivity index (χ4n) is 17.3. The van der Waals surface area contributed by atoms with Crippen molar-refractivity contribution in [1.29, 1.82) is 0 Å². The molecule has 4 fully saturated rings. The van der Waals surface area contributed by atoms with Crippen molar-refractivity contribution in [1.82, 2.24) is 59.0 Å². The minimum atomic E-state index is -4.29. The van der Waals surface area contributed by atoms with Crippen LogP contribution < -0.4 is 23.3 Å². The highest BCUT2D eigenvalue weighted by atomic mass is 35.5. The fraction of sp³-hybridized carbons (Fsp3) is 0.421. The largest absolute Gasteiger partial charge is 0.393 e. The standard InChI is InChI=1S/C26H26F3N5O3S2.C24H27ClF3N5O4S2.C23H26F3N5O3S2.C22H23F3N4O3S2/c1-32-7-6-21(15-32)39(36,37)16-19-4-2-18(3-5-19)12-23(35)33-8-10-34(11-9-33)24-22-13-20(14-26(27,28)29)38-25(22)31-17-30-24;1-15(34)13-33(39(2,36)37)17-4-3-16(20(25)10-17)9-21(35)31-5-7-32(8-6-31)22-19-11-18(12-24(26,27)28)38-23(19)30-14-29-22;1-3-31(36(2,33)34)17-6-4-16(5-7-17)12-20(32)29-8-10-30(11-9-29)21-19-13-18(14-23(24,25)26)35-22(19)28-15-27-21;1-2-34(31,32)17-5-3-15(4-6-17)11-19(30)28-7-9-29(10-8-28)20-18-12-16(13-22(23,24)25)33-21(18)27-14-26-20/h2-7,13,15,17H,8-12,14,16H2,1H3;3-4,10-11,14,19,23H,5-9,12-13H2,1-2H3;4-7,13,15H,3,8-12,14H2,1-2H3;3-6,12,14H,2,7-11,13H2,1H3. The second-order valence-electron chi connectivity index (χ2n) is 35.6. The molecule has 13 heterocycles. The van der Waals surface area contributed by atoms with Crippen molar-refractivity contribution in [3.63, 3.8) is 0 Å². The van der Waals surface area contributed by atoms with E-state index < -0.39 is 90.1 Å². The zero-order chi connectivity index (χ0) is 107. The molecule has 0 spiro atoms. The first-order chi connectivity index (χ1) is 69.7. The number of carbonyl (C=O) groups excluding carboxylic acids is 5. The lowest BCUT2D eigenvalue weighted by atomic mass is 10.0. The van der Waals surface area contributed by atoms with Crippen molar-refractivity contribution in [3.05, 3.63) is 205 Å². The predicted molar refractivity (Wildman–Crippen MR) is 546 cm³/mol. The summed E-state index contributed by atoms with van der Waals surface area (Å²) in [5, 5.41) is 1.62. The number of aliphatic imine (C=N–C) groups is 2. The monoisotopic (exact) mass is 2240 g/mol. The Morgan fingerprint density at radius 1 is 0.439 bits per heavy atom. The Morgan fingerprint density at radius 3 is 1.18 bits per heavy atom. The number of hydrogen-bond donors (Lipinski definition) is 0. The highest BCUT2D eigenvalue weighted by Gasteiger charge is 2.42. The number of amidine groups is 1. The number of benzene rings is 4. The van der Waals surface area contributed by atoms with Gasteiger partial charge in [0.25, 0.3) is 0 Å². The number of Topliss-reactive ketones (excluding diaryl/α,β-unsaturated/α-hetero) is 1. The van der Waals surface area contributed by atoms with E-state index in [1.807, 2.05) is 19.6 Å². The second kappa shape index (κ2) is 46.8. The third-order valence-corrected chi connectivity index (χ3v) is 35.1. The maximum absolute atomic E-state index is 13.0. The molecule has 4 saturated heterocycles. The Bertz CT molecular complexity index is 7250. The molecule has 148 heavy (non-hydrogen) atoms. The lowest BCUT2D eigenvalue weighted by Gasteiger charge is -2.39. The van der Waals surface area contributed by atoms with Crippen molar-refractivity contribution in [3.8, 4) is 0 Å². The number of aryl methyl sites for hydroxylation is 1. The Morgan fingerprint density at radius 2 is 0.818 bits per heavy atom. The van der Waals surface area contributed by atoms with Crippen molar-refractivity contribution in [2.24, 2.45) is 23.0 Å². The molecule has 0 bridgehead atoms. The van der Waals surface area contributed by atoms with Crippen LogP contribution in [0.25, 0.3) is 30.6 Å². The van der Waals surface area contributed by atoms with Gasteiger partial charge < -0.3 is 43.8 Å². The van der Waals surface area contributed by atoms with E-state index >= 15 is 0 Å². The minimum Gasteiger partial charge on any atom is -0.356 e. The average Bonchev–Trinajstić information content (AvgIpc) is 1.67. The van der Waals surface area contributed by atoms with Crippen LogP contribution in [-0.4, -0.2) is 300 Å². The smallest absolute Gasteiger partial charge is 0.356 e. The van der Waals surface area contributed by atoms with Gasteiger partial charge in [0.05, 0.1) is 125 Å². The van der Waals surface area contributed by atoms with Gasteiger partial charge in [0, 0.05) is 150 Å². The van der Waals surface area contributed by atoms with Gasteiger partial charge >= 0.3 is 24.7 Å². The maximum Gasteiger partial charge on any atom is 0.393 e. The minimum absolute atomic E-state index is 0.00315. The molecule has 11 aromatic rings. The Hall–Kier alpha value is -11.7. The fourth-order valence-corrected chi connectivity index (χ4v) is 26.1. The Labute approximate surface area is 866 Å². The molecule has 794 valence electrons. The summed E-state index contributed by atoms with van der Waals surface area (Å²) in [4.78, 5) is 115. The van der Waals surface area contributed by atoms with Gasteiger partial charge in [0.1, 0.15) is 74.3 Å². The lowest BCUT2D eigenvalue weighted by molar-refractivity contribution is -0.132. The molecule has 32 nitrogen and oxygen atoms in total. The average molecular weight is 2240 g/mol. The van der Waals surface area contributed by atoms with E-state index in [2.05, 4.69) is 39.9 Å².